The molecule has 0 fully saturated rings. The summed E-state index contributed by atoms with van der Waals surface area (Å²) < 4.78 is 48.5. The fourth-order valence-electron chi connectivity index (χ4n) is 2.37. The molecule has 0 atom stereocenters. The predicted octanol–water partition coefficient (Wildman–Crippen LogP) is 3.80. The maximum absolute atomic E-state index is 12.5. The number of rotatable bonds is 3. The first-order chi connectivity index (χ1) is 11.9. The van der Waals surface area contributed by atoms with Crippen molar-refractivity contribution in [1.82, 2.24) is 5.32 Å². The van der Waals surface area contributed by atoms with Gasteiger partial charge in [-0.3, -0.25) is 0 Å². The molecule has 8 heteroatoms. The maximum Gasteiger partial charge on any atom is 0.416 e. The first-order valence-corrected chi connectivity index (χ1v) is 7.53. The van der Waals surface area contributed by atoms with Gasteiger partial charge in [0.15, 0.2) is 11.5 Å². The van der Waals surface area contributed by atoms with E-state index in [1.54, 1.807) is 18.2 Å². The van der Waals surface area contributed by atoms with Gasteiger partial charge in [-0.25, -0.2) is 4.79 Å². The monoisotopic (exact) mass is 352 g/mol. The van der Waals surface area contributed by atoms with Crippen molar-refractivity contribution in [3.63, 3.8) is 0 Å². The summed E-state index contributed by atoms with van der Waals surface area (Å²) in [5.41, 5.74) is 0.242. The lowest BCUT2D eigenvalue weighted by molar-refractivity contribution is -0.137. The maximum atomic E-state index is 12.5. The summed E-state index contributed by atoms with van der Waals surface area (Å²) in [7, 11) is 0. The van der Waals surface area contributed by atoms with Crippen LogP contribution in [0.2, 0.25) is 0 Å². The van der Waals surface area contributed by atoms with Gasteiger partial charge in [0.1, 0.15) is 13.2 Å². The minimum absolute atomic E-state index is 0.193. The molecule has 1 aliphatic rings. The Hall–Kier alpha value is -2.90. The Bertz CT molecular complexity index is 761. The van der Waals surface area contributed by atoms with Crippen LogP contribution in [0.25, 0.3) is 0 Å². The minimum atomic E-state index is -4.41. The second-order valence-corrected chi connectivity index (χ2v) is 5.32. The van der Waals surface area contributed by atoms with E-state index in [2.05, 4.69) is 10.6 Å². The Morgan fingerprint density at radius 3 is 2.48 bits per heavy atom. The first kappa shape index (κ1) is 16.9. The van der Waals surface area contributed by atoms with Crippen molar-refractivity contribution in [3.05, 3.63) is 53.6 Å². The van der Waals surface area contributed by atoms with Crippen LogP contribution in [0.3, 0.4) is 0 Å². The van der Waals surface area contributed by atoms with Gasteiger partial charge < -0.3 is 20.1 Å². The van der Waals surface area contributed by atoms with Gasteiger partial charge in [0.25, 0.3) is 0 Å². The summed E-state index contributed by atoms with van der Waals surface area (Å²) in [6.45, 7) is 1.10. The van der Waals surface area contributed by atoms with E-state index in [0.717, 1.165) is 17.7 Å². The third kappa shape index (κ3) is 4.14. The molecule has 1 heterocycles. The lowest BCUT2D eigenvalue weighted by Crippen LogP contribution is -2.28. The minimum Gasteiger partial charge on any atom is -0.486 e. The van der Waals surface area contributed by atoms with Crippen molar-refractivity contribution < 1.29 is 27.4 Å². The van der Waals surface area contributed by atoms with Crippen LogP contribution >= 0.6 is 0 Å². The van der Waals surface area contributed by atoms with Gasteiger partial charge in [-0.1, -0.05) is 12.1 Å². The van der Waals surface area contributed by atoms with Crippen molar-refractivity contribution in [2.45, 2.75) is 12.7 Å². The van der Waals surface area contributed by atoms with Gasteiger partial charge in [-0.05, 0) is 30.3 Å². The number of hydrogen-bond acceptors (Lipinski definition) is 3. The molecule has 2 aromatic carbocycles. The second-order valence-electron chi connectivity index (χ2n) is 5.32. The van der Waals surface area contributed by atoms with Gasteiger partial charge in [0, 0.05) is 17.8 Å². The van der Waals surface area contributed by atoms with E-state index in [1.165, 1.54) is 12.1 Å². The summed E-state index contributed by atoms with van der Waals surface area (Å²) >= 11 is 0. The van der Waals surface area contributed by atoms with Gasteiger partial charge >= 0.3 is 12.2 Å². The summed E-state index contributed by atoms with van der Waals surface area (Å²) in [4.78, 5) is 11.9. The van der Waals surface area contributed by atoms with E-state index in [1.807, 2.05) is 0 Å². The molecule has 1 aliphatic heterocycles. The molecule has 0 radical (unpaired) electrons. The first-order valence-electron chi connectivity index (χ1n) is 7.53. The van der Waals surface area contributed by atoms with E-state index in [4.69, 9.17) is 9.47 Å². The van der Waals surface area contributed by atoms with Gasteiger partial charge in [-0.2, -0.15) is 13.2 Å². The summed E-state index contributed by atoms with van der Waals surface area (Å²) in [6.07, 6.45) is -4.41. The van der Waals surface area contributed by atoms with Crippen LogP contribution < -0.4 is 20.1 Å². The van der Waals surface area contributed by atoms with Crippen LogP contribution in [-0.4, -0.2) is 19.2 Å². The fraction of sp³-hybridized carbons (Fsp3) is 0.235. The number of urea groups is 1. The van der Waals surface area contributed by atoms with Crippen LogP contribution in [0.1, 0.15) is 11.1 Å². The smallest absolute Gasteiger partial charge is 0.416 e. The standard InChI is InChI=1S/C17H15F3N2O3/c18-17(19,20)12-4-6-13(7-5-12)22-16(23)21-10-11-2-1-3-14-15(11)25-9-8-24-14/h1-7H,8-10H2,(H2,21,22,23). The molecule has 25 heavy (non-hydrogen) atoms. The molecule has 0 aromatic heterocycles. The van der Waals surface area contributed by atoms with Crippen molar-refractivity contribution in [2.75, 3.05) is 18.5 Å². The molecule has 2 N–H and O–H groups in total. The van der Waals surface area contributed by atoms with Crippen molar-refractivity contribution >= 4 is 11.7 Å². The van der Waals surface area contributed by atoms with Crippen molar-refractivity contribution in [1.29, 1.82) is 0 Å². The predicted molar refractivity (Wildman–Crippen MR) is 84.7 cm³/mol. The molecule has 3 rings (SSSR count). The van der Waals surface area contributed by atoms with Crippen molar-refractivity contribution in [3.8, 4) is 11.5 Å². The summed E-state index contributed by atoms with van der Waals surface area (Å²) in [5.74, 6) is 1.21. The molecule has 0 saturated heterocycles. The Labute approximate surface area is 141 Å². The SMILES string of the molecule is O=C(NCc1cccc2c1OCCO2)Nc1ccc(C(F)(F)F)cc1. The van der Waals surface area contributed by atoms with E-state index in [-0.39, 0.29) is 12.2 Å². The van der Waals surface area contributed by atoms with Gasteiger partial charge in [0.2, 0.25) is 0 Å². The normalized spacial score (nSPS) is 13.2. The van der Waals surface area contributed by atoms with E-state index >= 15 is 0 Å². The quantitative estimate of drug-likeness (QED) is 0.883. The van der Waals surface area contributed by atoms with Gasteiger partial charge in [0.05, 0.1) is 5.56 Å². The molecule has 0 unspecified atom stereocenters. The zero-order valence-electron chi connectivity index (χ0n) is 13.0. The van der Waals surface area contributed by atoms with Crippen LogP contribution in [0.15, 0.2) is 42.5 Å². The molecular formula is C17H15F3N2O3. The number of alkyl halides is 3. The highest BCUT2D eigenvalue weighted by atomic mass is 19.4. The summed E-state index contributed by atoms with van der Waals surface area (Å²) in [6, 6.07) is 9.05. The fourth-order valence-corrected chi connectivity index (χ4v) is 2.37. The zero-order chi connectivity index (χ0) is 17.9. The molecule has 2 amide bonds. The molecular weight excluding hydrogens is 337 g/mol. The van der Waals surface area contributed by atoms with Crippen LogP contribution in [-0.2, 0) is 12.7 Å². The van der Waals surface area contributed by atoms with E-state index in [9.17, 15) is 18.0 Å². The third-order valence-electron chi connectivity index (χ3n) is 3.56. The highest BCUT2D eigenvalue weighted by molar-refractivity contribution is 5.89. The average molecular weight is 352 g/mol. The number of fused-ring (bicyclic) bond motifs is 1. The number of halogens is 3. The highest BCUT2D eigenvalue weighted by Gasteiger charge is 2.30. The number of carbonyl (C=O) groups excluding carboxylic acids is 1. The largest absolute Gasteiger partial charge is 0.486 e. The molecule has 132 valence electrons. The number of hydrogen-bond donors (Lipinski definition) is 2. The molecule has 0 saturated carbocycles. The zero-order valence-corrected chi connectivity index (χ0v) is 13.0. The van der Waals surface area contributed by atoms with Crippen molar-refractivity contribution in [2.24, 2.45) is 0 Å². The number of carbonyl (C=O) groups is 1. The lowest BCUT2D eigenvalue weighted by atomic mass is 10.1. The number of amides is 2. The Balaban J connectivity index is 1.58. The molecule has 0 bridgehead atoms. The number of ether oxygens (including phenoxy) is 2. The van der Waals surface area contributed by atoms with E-state index < -0.39 is 17.8 Å². The Morgan fingerprint density at radius 1 is 1.04 bits per heavy atom. The van der Waals surface area contributed by atoms with Crippen LogP contribution in [0.5, 0.6) is 11.5 Å². The number of anilines is 1. The highest BCUT2D eigenvalue weighted by Crippen LogP contribution is 2.33. The van der Waals surface area contributed by atoms with Crippen LogP contribution in [0, 0.1) is 0 Å². The topological polar surface area (TPSA) is 59.6 Å². The Morgan fingerprint density at radius 2 is 1.76 bits per heavy atom. The number of para-hydroxylation sites is 1. The van der Waals surface area contributed by atoms with Crippen LogP contribution in [0.4, 0.5) is 23.7 Å². The molecule has 0 spiro atoms. The number of nitrogens with one attached hydrogen (secondary N) is 2. The average Bonchev–Trinajstić information content (AvgIpc) is 2.59. The third-order valence-corrected chi connectivity index (χ3v) is 3.56. The number of benzene rings is 2. The Kier molecular flexibility index (Phi) is 4.69. The molecule has 5 nitrogen and oxygen atoms in total. The molecule has 2 aromatic rings. The van der Waals surface area contributed by atoms with E-state index in [0.29, 0.717) is 24.7 Å². The van der Waals surface area contributed by atoms with Gasteiger partial charge in [-0.15, -0.1) is 0 Å². The lowest BCUT2D eigenvalue weighted by Gasteiger charge is -2.21. The molecule has 0 aliphatic carbocycles. The summed E-state index contributed by atoms with van der Waals surface area (Å²) in [5, 5.41) is 5.12. The second kappa shape index (κ2) is 6.92.